The summed E-state index contributed by atoms with van der Waals surface area (Å²) in [5.41, 5.74) is 0.528. The number of halogens is 4. The monoisotopic (exact) mass is 317 g/mol. The van der Waals surface area contributed by atoms with Crippen molar-refractivity contribution in [1.82, 2.24) is 10.1 Å². The molecule has 0 spiro atoms. The predicted molar refractivity (Wildman–Crippen MR) is 77.6 cm³/mol. The molecule has 0 aromatic carbocycles. The fraction of sp³-hybridized carbons (Fsp3) is 0.462. The van der Waals surface area contributed by atoms with Crippen LogP contribution in [0.5, 0.6) is 0 Å². The maximum Gasteiger partial charge on any atom is 0.471 e. The fourth-order valence-corrected chi connectivity index (χ4v) is 1.67. The molecule has 1 aromatic rings. The van der Waals surface area contributed by atoms with Crippen LogP contribution in [0.25, 0.3) is 5.57 Å². The lowest BCUT2D eigenvalue weighted by Crippen LogP contribution is -2.05. The van der Waals surface area contributed by atoms with E-state index < -0.39 is 17.9 Å². The summed E-state index contributed by atoms with van der Waals surface area (Å²) in [7, 11) is 1.48. The van der Waals surface area contributed by atoms with Crippen LogP contribution in [0.2, 0.25) is 0 Å². The molecule has 0 amide bonds. The Morgan fingerprint density at radius 2 is 2.05 bits per heavy atom. The molecule has 0 atom stereocenters. The van der Waals surface area contributed by atoms with Crippen LogP contribution in [0.15, 0.2) is 26.9 Å². The Kier molecular flexibility index (Phi) is 6.51. The van der Waals surface area contributed by atoms with Crippen LogP contribution in [0.4, 0.5) is 17.6 Å². The average molecular weight is 317 g/mol. The average Bonchev–Trinajstić information content (AvgIpc) is 2.93. The van der Waals surface area contributed by atoms with Gasteiger partial charge in [0.1, 0.15) is 5.83 Å². The molecular weight excluding hydrogens is 301 g/mol. The molecule has 0 bridgehead atoms. The highest BCUT2D eigenvalue weighted by atomic mass is 19.4. The number of alkyl halides is 3. The van der Waals surface area contributed by atoms with Crippen LogP contribution in [0.3, 0.4) is 0 Å². The van der Waals surface area contributed by atoms with Gasteiger partial charge in [-0.05, 0) is 25.3 Å². The molecule has 22 heavy (non-hydrogen) atoms. The first-order valence-corrected chi connectivity index (χ1v) is 6.76. The standard InChI is InChI=1S/C13H16BF4N3O/c1-3-5-10(15)9(7-19-14)6-8(4-2)11-20-12(22-21-11)13(16,17)18/h6-7H,3-5,14H2,1-2H3/b8-6+,10-9-,19-7-. The molecule has 0 saturated heterocycles. The second-order valence-corrected chi connectivity index (χ2v) is 4.44. The SMILES string of the molecule is B\N=C/C(/C=C(\CC)c1noc(C(F)(F)F)n1)=C(\F)CCC. The van der Waals surface area contributed by atoms with Gasteiger partial charge >= 0.3 is 12.1 Å². The van der Waals surface area contributed by atoms with E-state index >= 15 is 0 Å². The molecule has 0 fully saturated rings. The van der Waals surface area contributed by atoms with E-state index in [-0.39, 0.29) is 17.8 Å². The lowest BCUT2D eigenvalue weighted by Gasteiger charge is -2.03. The van der Waals surface area contributed by atoms with Gasteiger partial charge in [0.05, 0.1) is 0 Å². The van der Waals surface area contributed by atoms with Crippen molar-refractivity contribution >= 4 is 19.8 Å². The third-order valence-electron chi connectivity index (χ3n) is 2.72. The van der Waals surface area contributed by atoms with Gasteiger partial charge in [-0.2, -0.15) is 18.2 Å². The zero-order valence-corrected chi connectivity index (χ0v) is 12.5. The highest BCUT2D eigenvalue weighted by molar-refractivity contribution is 6.11. The van der Waals surface area contributed by atoms with Crippen molar-refractivity contribution in [3.63, 3.8) is 0 Å². The van der Waals surface area contributed by atoms with E-state index in [1.807, 2.05) is 6.92 Å². The minimum atomic E-state index is -4.71. The quantitative estimate of drug-likeness (QED) is 0.349. The minimum Gasteiger partial charge on any atom is -0.358 e. The molecule has 0 saturated carbocycles. The van der Waals surface area contributed by atoms with Gasteiger partial charge in [0.2, 0.25) is 7.98 Å². The summed E-state index contributed by atoms with van der Waals surface area (Å²) in [6, 6.07) is 0. The number of hydrogen-bond donors (Lipinski definition) is 0. The number of rotatable bonds is 6. The van der Waals surface area contributed by atoms with Crippen molar-refractivity contribution in [1.29, 1.82) is 0 Å². The molecule has 0 unspecified atom stereocenters. The van der Waals surface area contributed by atoms with Crippen molar-refractivity contribution in [2.45, 2.75) is 39.3 Å². The summed E-state index contributed by atoms with van der Waals surface area (Å²) in [5.74, 6) is -2.02. The van der Waals surface area contributed by atoms with Gasteiger partial charge < -0.3 is 9.43 Å². The van der Waals surface area contributed by atoms with Gasteiger partial charge in [-0.1, -0.05) is 19.0 Å². The molecule has 1 heterocycles. The Labute approximate surface area is 126 Å². The normalized spacial score (nSPS) is 14.5. The lowest BCUT2D eigenvalue weighted by molar-refractivity contribution is -0.159. The molecule has 1 rings (SSSR count). The maximum atomic E-state index is 14.0. The van der Waals surface area contributed by atoms with Crippen molar-refractivity contribution in [3.05, 3.63) is 29.2 Å². The van der Waals surface area contributed by atoms with Crippen LogP contribution < -0.4 is 0 Å². The molecule has 9 heteroatoms. The van der Waals surface area contributed by atoms with Crippen LogP contribution in [-0.2, 0) is 6.18 Å². The van der Waals surface area contributed by atoms with Gasteiger partial charge in [0, 0.05) is 17.4 Å². The molecule has 0 radical (unpaired) electrons. The third kappa shape index (κ3) is 4.82. The predicted octanol–water partition coefficient (Wildman–Crippen LogP) is 3.52. The van der Waals surface area contributed by atoms with E-state index in [0.717, 1.165) is 0 Å². The zero-order chi connectivity index (χ0) is 16.8. The van der Waals surface area contributed by atoms with Gasteiger partial charge in [0.25, 0.3) is 0 Å². The molecule has 120 valence electrons. The lowest BCUT2D eigenvalue weighted by atomic mass is 10.1. The van der Waals surface area contributed by atoms with E-state index in [2.05, 4.69) is 19.6 Å². The van der Waals surface area contributed by atoms with Gasteiger partial charge in [-0.3, -0.25) is 0 Å². The van der Waals surface area contributed by atoms with Gasteiger partial charge in [-0.25, -0.2) is 4.39 Å². The molecule has 4 nitrogen and oxygen atoms in total. The number of nitrogens with zero attached hydrogens (tertiary/aromatic N) is 3. The highest BCUT2D eigenvalue weighted by Crippen LogP contribution is 2.29. The van der Waals surface area contributed by atoms with E-state index in [1.165, 1.54) is 20.3 Å². The summed E-state index contributed by atoms with van der Waals surface area (Å²) < 4.78 is 55.6. The first-order valence-electron chi connectivity index (χ1n) is 6.76. The fourth-order valence-electron chi connectivity index (χ4n) is 1.67. The first kappa shape index (κ1) is 18.1. The van der Waals surface area contributed by atoms with E-state index in [4.69, 9.17) is 0 Å². The Hall–Kier alpha value is -1.93. The molecule has 0 aliphatic rings. The van der Waals surface area contributed by atoms with Crippen molar-refractivity contribution in [2.75, 3.05) is 0 Å². The zero-order valence-electron chi connectivity index (χ0n) is 12.5. The van der Waals surface area contributed by atoms with E-state index in [0.29, 0.717) is 18.4 Å². The Balaban J connectivity index is 3.23. The van der Waals surface area contributed by atoms with Crippen LogP contribution >= 0.6 is 0 Å². The third-order valence-corrected chi connectivity index (χ3v) is 2.72. The van der Waals surface area contributed by atoms with Crippen molar-refractivity contribution in [2.24, 2.45) is 4.90 Å². The molecule has 0 aliphatic carbocycles. The van der Waals surface area contributed by atoms with E-state index in [1.54, 1.807) is 6.92 Å². The Morgan fingerprint density at radius 1 is 1.36 bits per heavy atom. The summed E-state index contributed by atoms with van der Waals surface area (Å²) in [4.78, 5) is 7.06. The minimum absolute atomic E-state index is 0.194. The van der Waals surface area contributed by atoms with Crippen LogP contribution in [0, 0.1) is 0 Å². The first-order chi connectivity index (χ1) is 10.3. The molecular formula is C13H16BF4N3O. The number of aromatic nitrogens is 2. The number of hydrogen-bond acceptors (Lipinski definition) is 4. The van der Waals surface area contributed by atoms with E-state index in [9.17, 15) is 17.6 Å². The largest absolute Gasteiger partial charge is 0.471 e. The Morgan fingerprint density at radius 3 is 2.50 bits per heavy atom. The second-order valence-electron chi connectivity index (χ2n) is 4.44. The summed E-state index contributed by atoms with van der Waals surface area (Å²) in [5, 5.41) is 3.31. The molecule has 0 N–H and O–H groups in total. The summed E-state index contributed by atoms with van der Waals surface area (Å²) in [6.45, 7) is 3.52. The topological polar surface area (TPSA) is 51.3 Å². The smallest absolute Gasteiger partial charge is 0.358 e. The van der Waals surface area contributed by atoms with Gasteiger partial charge in [0.15, 0.2) is 5.82 Å². The summed E-state index contributed by atoms with van der Waals surface area (Å²) >= 11 is 0. The van der Waals surface area contributed by atoms with Crippen LogP contribution in [-0.4, -0.2) is 24.3 Å². The molecule has 1 aromatic heterocycles. The van der Waals surface area contributed by atoms with Gasteiger partial charge in [-0.15, -0.1) is 0 Å². The summed E-state index contributed by atoms with van der Waals surface area (Å²) in [6.07, 6.45) is -0.871. The Bertz CT molecular complexity index is 590. The van der Waals surface area contributed by atoms with Crippen molar-refractivity contribution < 1.29 is 22.1 Å². The van der Waals surface area contributed by atoms with Crippen LogP contribution in [0.1, 0.15) is 44.8 Å². The van der Waals surface area contributed by atoms with Crippen molar-refractivity contribution in [3.8, 4) is 0 Å². The second kappa shape index (κ2) is 7.91. The maximum absolute atomic E-state index is 14.0. The molecule has 0 aliphatic heterocycles. The number of allylic oxidation sites excluding steroid dienone is 4. The highest BCUT2D eigenvalue weighted by Gasteiger charge is 2.38.